The summed E-state index contributed by atoms with van der Waals surface area (Å²) >= 11 is 0. The predicted octanol–water partition coefficient (Wildman–Crippen LogP) is 3.05. The number of carbonyl (C=O) groups is 1. The molecule has 0 amide bonds. The van der Waals surface area contributed by atoms with Crippen LogP contribution in [0.2, 0.25) is 0 Å². The number of rotatable bonds is 3. The van der Waals surface area contributed by atoms with Gasteiger partial charge in [-0.2, -0.15) is 0 Å². The number of carboxylic acids is 1. The van der Waals surface area contributed by atoms with Crippen LogP contribution in [-0.4, -0.2) is 30.4 Å². The molecule has 0 spiro atoms. The Morgan fingerprint density at radius 1 is 1.24 bits per heavy atom. The van der Waals surface area contributed by atoms with Gasteiger partial charge in [0.25, 0.3) is 0 Å². The van der Waals surface area contributed by atoms with E-state index < -0.39 is 5.97 Å². The molecule has 112 valence electrons. The molecule has 1 aliphatic carbocycles. The Labute approximate surface area is 124 Å². The minimum absolute atomic E-state index is 0.200. The third-order valence-electron chi connectivity index (χ3n) is 4.09. The molecule has 0 saturated carbocycles. The van der Waals surface area contributed by atoms with Crippen molar-refractivity contribution in [3.8, 4) is 5.75 Å². The predicted molar refractivity (Wildman–Crippen MR) is 79.5 cm³/mol. The number of ether oxygens (including phenoxy) is 2. The summed E-state index contributed by atoms with van der Waals surface area (Å²) in [7, 11) is 0. The highest BCUT2D eigenvalue weighted by atomic mass is 16.5. The smallest absolute Gasteiger partial charge is 0.331 e. The highest BCUT2D eigenvalue weighted by molar-refractivity contribution is 5.92. The van der Waals surface area contributed by atoms with Crippen molar-refractivity contribution >= 4 is 12.0 Å². The van der Waals surface area contributed by atoms with Crippen LogP contribution in [0.4, 0.5) is 0 Å². The fraction of sp³-hybridized carbons (Fsp3) is 0.471. The van der Waals surface area contributed by atoms with Gasteiger partial charge in [0.05, 0.1) is 13.2 Å². The molecule has 1 fully saturated rings. The molecule has 1 heterocycles. The van der Waals surface area contributed by atoms with Crippen molar-refractivity contribution in [2.45, 2.75) is 38.2 Å². The number of hydrogen-bond acceptors (Lipinski definition) is 3. The highest BCUT2D eigenvalue weighted by Gasteiger charge is 2.17. The monoisotopic (exact) mass is 288 g/mol. The maximum Gasteiger partial charge on any atom is 0.331 e. The van der Waals surface area contributed by atoms with Crippen LogP contribution in [0.3, 0.4) is 0 Å². The number of hydrogen-bond donors (Lipinski definition) is 1. The van der Waals surface area contributed by atoms with Crippen molar-refractivity contribution in [3.63, 3.8) is 0 Å². The van der Waals surface area contributed by atoms with Crippen LogP contribution < -0.4 is 4.74 Å². The zero-order valence-electron chi connectivity index (χ0n) is 12.0. The topological polar surface area (TPSA) is 55.8 Å². The molecule has 0 radical (unpaired) electrons. The van der Waals surface area contributed by atoms with Crippen LogP contribution in [0.1, 0.15) is 36.8 Å². The van der Waals surface area contributed by atoms with Gasteiger partial charge in [-0.1, -0.05) is 6.07 Å². The summed E-state index contributed by atoms with van der Waals surface area (Å²) in [6.07, 6.45) is 6.23. The van der Waals surface area contributed by atoms with Gasteiger partial charge in [0, 0.05) is 18.4 Å². The molecule has 3 rings (SSSR count). The fourth-order valence-electron chi connectivity index (χ4n) is 2.89. The molecule has 1 aromatic carbocycles. The second-order valence-corrected chi connectivity index (χ2v) is 5.62. The van der Waals surface area contributed by atoms with Crippen molar-refractivity contribution in [1.29, 1.82) is 0 Å². The van der Waals surface area contributed by atoms with Crippen molar-refractivity contribution < 1.29 is 19.4 Å². The van der Waals surface area contributed by atoms with E-state index in [0.29, 0.717) is 12.0 Å². The number of fused-ring (bicyclic) bond motifs is 1. The molecule has 1 N–H and O–H groups in total. The van der Waals surface area contributed by atoms with Gasteiger partial charge < -0.3 is 14.6 Å². The molecule has 0 aromatic heterocycles. The van der Waals surface area contributed by atoms with E-state index in [0.717, 1.165) is 50.2 Å². The summed E-state index contributed by atoms with van der Waals surface area (Å²) in [5.41, 5.74) is 2.66. The third kappa shape index (κ3) is 3.45. The molecule has 4 nitrogen and oxygen atoms in total. The number of benzene rings is 1. The molecule has 21 heavy (non-hydrogen) atoms. The Kier molecular flexibility index (Phi) is 4.25. The standard InChI is InChI=1S/C17H20O4/c18-17(19)13-3-1-2-12-4-5-16(11-14(12)10-13)21-15-6-8-20-9-7-15/h4-5,10-11,15H,1-3,6-9H2,(H,18,19). The van der Waals surface area contributed by atoms with Gasteiger partial charge in [-0.25, -0.2) is 4.79 Å². The summed E-state index contributed by atoms with van der Waals surface area (Å²) in [4.78, 5) is 11.2. The lowest BCUT2D eigenvalue weighted by Crippen LogP contribution is -2.25. The second-order valence-electron chi connectivity index (χ2n) is 5.62. The van der Waals surface area contributed by atoms with Gasteiger partial charge in [0.1, 0.15) is 11.9 Å². The SMILES string of the molecule is O=C(O)C1=Cc2cc(OC3CCOCC3)ccc2CCC1. The van der Waals surface area contributed by atoms with Crippen LogP contribution >= 0.6 is 0 Å². The van der Waals surface area contributed by atoms with Crippen molar-refractivity contribution in [3.05, 3.63) is 34.9 Å². The molecule has 4 heteroatoms. The Hall–Kier alpha value is -1.81. The second kappa shape index (κ2) is 6.31. The first-order chi connectivity index (χ1) is 10.2. The van der Waals surface area contributed by atoms with Crippen LogP contribution in [0.5, 0.6) is 5.75 Å². The third-order valence-corrected chi connectivity index (χ3v) is 4.09. The van der Waals surface area contributed by atoms with E-state index in [9.17, 15) is 9.90 Å². The van der Waals surface area contributed by atoms with Crippen molar-refractivity contribution in [2.75, 3.05) is 13.2 Å². The Balaban J connectivity index is 1.81. The molecule has 2 aliphatic rings. The molecule has 1 aromatic rings. The average Bonchev–Trinajstić information content (AvgIpc) is 2.70. The van der Waals surface area contributed by atoms with Gasteiger partial charge in [-0.05, 0) is 48.6 Å². The summed E-state index contributed by atoms with van der Waals surface area (Å²) in [5.74, 6) is 0.00198. The van der Waals surface area contributed by atoms with E-state index in [1.165, 1.54) is 5.56 Å². The van der Waals surface area contributed by atoms with Gasteiger partial charge >= 0.3 is 5.97 Å². The molecule has 0 unspecified atom stereocenters. The first-order valence-corrected chi connectivity index (χ1v) is 7.53. The maximum absolute atomic E-state index is 11.2. The fourth-order valence-corrected chi connectivity index (χ4v) is 2.89. The summed E-state index contributed by atoms with van der Waals surface area (Å²) < 4.78 is 11.3. The quantitative estimate of drug-likeness (QED) is 0.928. The zero-order chi connectivity index (χ0) is 14.7. The van der Waals surface area contributed by atoms with E-state index in [-0.39, 0.29) is 6.10 Å². The molecule has 1 saturated heterocycles. The summed E-state index contributed by atoms with van der Waals surface area (Å²) in [6.45, 7) is 1.50. The number of aliphatic carboxylic acids is 1. The Morgan fingerprint density at radius 3 is 2.81 bits per heavy atom. The van der Waals surface area contributed by atoms with E-state index in [1.54, 1.807) is 6.08 Å². The highest BCUT2D eigenvalue weighted by Crippen LogP contribution is 2.28. The number of carboxylic acid groups (broad SMARTS) is 1. The van der Waals surface area contributed by atoms with Crippen molar-refractivity contribution in [1.82, 2.24) is 0 Å². The molecule has 1 aliphatic heterocycles. The minimum atomic E-state index is -0.821. The minimum Gasteiger partial charge on any atom is -0.490 e. The van der Waals surface area contributed by atoms with Crippen LogP contribution in [0, 0.1) is 0 Å². The lowest BCUT2D eigenvalue weighted by atomic mass is 10.0. The van der Waals surface area contributed by atoms with Crippen LogP contribution in [0.15, 0.2) is 23.8 Å². The van der Waals surface area contributed by atoms with Crippen LogP contribution in [-0.2, 0) is 16.0 Å². The normalized spacial score (nSPS) is 19.3. The van der Waals surface area contributed by atoms with Gasteiger partial charge in [-0.15, -0.1) is 0 Å². The Morgan fingerprint density at radius 2 is 2.05 bits per heavy atom. The largest absolute Gasteiger partial charge is 0.490 e. The Bertz CT molecular complexity index is 556. The lowest BCUT2D eigenvalue weighted by molar-refractivity contribution is -0.132. The van der Waals surface area contributed by atoms with Crippen molar-refractivity contribution in [2.24, 2.45) is 0 Å². The van der Waals surface area contributed by atoms with Gasteiger partial charge in [0.15, 0.2) is 0 Å². The molecular weight excluding hydrogens is 268 g/mol. The van der Waals surface area contributed by atoms with Crippen LogP contribution in [0.25, 0.3) is 6.08 Å². The van der Waals surface area contributed by atoms with E-state index in [4.69, 9.17) is 9.47 Å². The van der Waals surface area contributed by atoms with Gasteiger partial charge in [0.2, 0.25) is 0 Å². The maximum atomic E-state index is 11.2. The lowest BCUT2D eigenvalue weighted by Gasteiger charge is -2.23. The van der Waals surface area contributed by atoms with E-state index in [2.05, 4.69) is 6.07 Å². The van der Waals surface area contributed by atoms with Gasteiger partial charge in [-0.3, -0.25) is 0 Å². The first kappa shape index (κ1) is 14.1. The summed E-state index contributed by atoms with van der Waals surface area (Å²) in [6, 6.07) is 6.03. The number of aryl methyl sites for hydroxylation is 1. The molecular formula is C17H20O4. The average molecular weight is 288 g/mol. The zero-order valence-corrected chi connectivity index (χ0v) is 12.0. The first-order valence-electron chi connectivity index (χ1n) is 7.53. The molecule has 0 atom stereocenters. The van der Waals surface area contributed by atoms with E-state index >= 15 is 0 Å². The summed E-state index contributed by atoms with van der Waals surface area (Å²) in [5, 5.41) is 9.21. The van der Waals surface area contributed by atoms with E-state index in [1.807, 2.05) is 12.1 Å². The molecule has 0 bridgehead atoms.